The van der Waals surface area contributed by atoms with E-state index in [9.17, 15) is 9.18 Å². The van der Waals surface area contributed by atoms with Gasteiger partial charge in [0.25, 0.3) is 0 Å². The van der Waals surface area contributed by atoms with Gasteiger partial charge in [-0.15, -0.1) is 0 Å². The van der Waals surface area contributed by atoms with Gasteiger partial charge in [0, 0.05) is 19.6 Å². The van der Waals surface area contributed by atoms with E-state index in [4.69, 9.17) is 4.74 Å². The van der Waals surface area contributed by atoms with Gasteiger partial charge in [-0.1, -0.05) is 12.1 Å². The van der Waals surface area contributed by atoms with Crippen LogP contribution in [0, 0.1) is 5.82 Å². The first-order valence-electron chi connectivity index (χ1n) is 6.37. The van der Waals surface area contributed by atoms with Gasteiger partial charge in [-0.2, -0.15) is 0 Å². The molecule has 0 saturated carbocycles. The van der Waals surface area contributed by atoms with Crippen molar-refractivity contribution >= 4 is 5.91 Å². The van der Waals surface area contributed by atoms with Crippen LogP contribution in [0.2, 0.25) is 0 Å². The van der Waals surface area contributed by atoms with Gasteiger partial charge >= 0.3 is 0 Å². The van der Waals surface area contributed by atoms with Crippen molar-refractivity contribution in [3.05, 3.63) is 35.6 Å². The summed E-state index contributed by atoms with van der Waals surface area (Å²) in [6.07, 6.45) is 3.35. The summed E-state index contributed by atoms with van der Waals surface area (Å²) in [4.78, 5) is 11.6. The van der Waals surface area contributed by atoms with Crippen LogP contribution >= 0.6 is 0 Å². The van der Waals surface area contributed by atoms with Crippen LogP contribution in [-0.2, 0) is 16.0 Å². The minimum absolute atomic E-state index is 0.0230. The highest BCUT2D eigenvalue weighted by Crippen LogP contribution is 2.10. The third-order valence-electron chi connectivity index (χ3n) is 3.10. The number of rotatable bonds is 5. The van der Waals surface area contributed by atoms with Crippen molar-refractivity contribution in [3.63, 3.8) is 0 Å². The second kappa shape index (κ2) is 6.50. The molecule has 18 heavy (non-hydrogen) atoms. The van der Waals surface area contributed by atoms with Crippen LogP contribution < -0.4 is 5.32 Å². The van der Waals surface area contributed by atoms with Gasteiger partial charge in [-0.05, 0) is 37.0 Å². The van der Waals surface area contributed by atoms with E-state index in [2.05, 4.69) is 5.32 Å². The molecule has 0 aromatic heterocycles. The van der Waals surface area contributed by atoms with Crippen molar-refractivity contribution in [1.29, 1.82) is 0 Å². The van der Waals surface area contributed by atoms with Crippen LogP contribution in [0.3, 0.4) is 0 Å². The van der Waals surface area contributed by atoms with Gasteiger partial charge < -0.3 is 10.1 Å². The largest absolute Gasteiger partial charge is 0.376 e. The minimum atomic E-state index is -0.249. The third kappa shape index (κ3) is 4.11. The Morgan fingerprint density at radius 3 is 2.83 bits per heavy atom. The maximum absolute atomic E-state index is 12.7. The van der Waals surface area contributed by atoms with Gasteiger partial charge in [-0.3, -0.25) is 4.79 Å². The molecule has 0 bridgehead atoms. The van der Waals surface area contributed by atoms with Crippen molar-refractivity contribution in [3.8, 4) is 0 Å². The smallest absolute Gasteiger partial charge is 0.220 e. The quantitative estimate of drug-likeness (QED) is 0.869. The molecule has 1 heterocycles. The number of carbonyl (C=O) groups is 1. The zero-order valence-electron chi connectivity index (χ0n) is 10.3. The molecule has 1 unspecified atom stereocenters. The zero-order valence-corrected chi connectivity index (χ0v) is 10.3. The van der Waals surface area contributed by atoms with Gasteiger partial charge in [-0.25, -0.2) is 4.39 Å². The highest BCUT2D eigenvalue weighted by molar-refractivity contribution is 5.76. The summed E-state index contributed by atoms with van der Waals surface area (Å²) in [5.41, 5.74) is 0.976. The lowest BCUT2D eigenvalue weighted by Gasteiger charge is -2.10. The Balaban J connectivity index is 1.66. The highest BCUT2D eigenvalue weighted by atomic mass is 19.1. The average Bonchev–Trinajstić information content (AvgIpc) is 2.89. The molecule has 98 valence electrons. The first-order chi connectivity index (χ1) is 8.74. The van der Waals surface area contributed by atoms with Crippen molar-refractivity contribution in [2.45, 2.75) is 31.8 Å². The topological polar surface area (TPSA) is 38.3 Å². The Morgan fingerprint density at radius 1 is 1.39 bits per heavy atom. The van der Waals surface area contributed by atoms with Crippen LogP contribution in [0.4, 0.5) is 4.39 Å². The number of benzene rings is 1. The van der Waals surface area contributed by atoms with Crippen LogP contribution in [0.25, 0.3) is 0 Å². The molecule has 1 aromatic rings. The van der Waals surface area contributed by atoms with Crippen LogP contribution in [0.1, 0.15) is 24.8 Å². The molecule has 0 aliphatic carbocycles. The summed E-state index contributed by atoms with van der Waals surface area (Å²) in [6.45, 7) is 1.40. The van der Waals surface area contributed by atoms with E-state index in [1.165, 1.54) is 12.1 Å². The summed E-state index contributed by atoms with van der Waals surface area (Å²) in [7, 11) is 0. The predicted octanol–water partition coefficient (Wildman–Crippen LogP) is 2.05. The Labute approximate surface area is 106 Å². The molecule has 0 radical (unpaired) electrons. The lowest BCUT2D eigenvalue weighted by atomic mass is 10.1. The second-order valence-electron chi connectivity index (χ2n) is 4.57. The number of hydrogen-bond donors (Lipinski definition) is 1. The summed E-state index contributed by atoms with van der Waals surface area (Å²) in [6, 6.07) is 6.25. The first kappa shape index (κ1) is 13.0. The number of aryl methyl sites for hydroxylation is 1. The average molecular weight is 251 g/mol. The molecule has 1 amide bonds. The monoisotopic (exact) mass is 251 g/mol. The Kier molecular flexibility index (Phi) is 4.70. The van der Waals surface area contributed by atoms with Crippen molar-refractivity contribution in [2.24, 2.45) is 0 Å². The number of halogens is 1. The zero-order chi connectivity index (χ0) is 12.8. The lowest BCUT2D eigenvalue weighted by molar-refractivity contribution is -0.121. The summed E-state index contributed by atoms with van der Waals surface area (Å²) in [5, 5.41) is 2.87. The number of hydrogen-bond acceptors (Lipinski definition) is 2. The van der Waals surface area contributed by atoms with Crippen molar-refractivity contribution in [1.82, 2.24) is 5.32 Å². The molecule has 1 saturated heterocycles. The van der Waals surface area contributed by atoms with E-state index < -0.39 is 0 Å². The van der Waals surface area contributed by atoms with E-state index >= 15 is 0 Å². The molecule has 4 heteroatoms. The van der Waals surface area contributed by atoms with Crippen molar-refractivity contribution < 1.29 is 13.9 Å². The molecule has 1 fully saturated rings. The van der Waals surface area contributed by atoms with E-state index in [0.717, 1.165) is 25.0 Å². The van der Waals surface area contributed by atoms with Crippen LogP contribution in [-0.4, -0.2) is 25.2 Å². The van der Waals surface area contributed by atoms with Crippen LogP contribution in [0.15, 0.2) is 24.3 Å². The molecule has 1 aliphatic heterocycles. The van der Waals surface area contributed by atoms with Gasteiger partial charge in [0.05, 0.1) is 6.10 Å². The number of ether oxygens (including phenoxy) is 1. The number of carbonyl (C=O) groups excluding carboxylic acids is 1. The number of nitrogens with one attached hydrogen (secondary N) is 1. The van der Waals surface area contributed by atoms with Gasteiger partial charge in [0.2, 0.25) is 5.91 Å². The molecule has 0 spiro atoms. The van der Waals surface area contributed by atoms with E-state index in [1.807, 2.05) is 0 Å². The molecular formula is C14H18FNO2. The normalized spacial score (nSPS) is 18.8. The molecule has 3 nitrogen and oxygen atoms in total. The predicted molar refractivity (Wildman–Crippen MR) is 66.7 cm³/mol. The van der Waals surface area contributed by atoms with Gasteiger partial charge in [0.1, 0.15) is 5.82 Å². The van der Waals surface area contributed by atoms with Gasteiger partial charge in [0.15, 0.2) is 0 Å². The fourth-order valence-electron chi connectivity index (χ4n) is 2.03. The Bertz CT molecular complexity index is 385. The molecular weight excluding hydrogens is 233 g/mol. The maximum Gasteiger partial charge on any atom is 0.220 e. The van der Waals surface area contributed by atoms with E-state index in [0.29, 0.717) is 19.4 Å². The fourth-order valence-corrected chi connectivity index (χ4v) is 2.03. The SMILES string of the molecule is O=C(CCc1ccc(F)cc1)NCC1CCCO1. The fraction of sp³-hybridized carbons (Fsp3) is 0.500. The van der Waals surface area contributed by atoms with Crippen LogP contribution in [0.5, 0.6) is 0 Å². The summed E-state index contributed by atoms with van der Waals surface area (Å²) >= 11 is 0. The summed E-state index contributed by atoms with van der Waals surface area (Å²) in [5.74, 6) is -0.226. The number of amides is 1. The van der Waals surface area contributed by atoms with Crippen molar-refractivity contribution in [2.75, 3.05) is 13.2 Å². The standard InChI is InChI=1S/C14H18FNO2/c15-12-6-3-11(4-7-12)5-8-14(17)16-10-13-2-1-9-18-13/h3-4,6-7,13H,1-2,5,8-10H2,(H,16,17). The maximum atomic E-state index is 12.7. The molecule has 1 aromatic carbocycles. The first-order valence-corrected chi connectivity index (χ1v) is 6.37. The molecule has 1 atom stereocenters. The second-order valence-corrected chi connectivity index (χ2v) is 4.57. The molecule has 1 aliphatic rings. The van der Waals surface area contributed by atoms with E-state index in [1.54, 1.807) is 12.1 Å². The summed E-state index contributed by atoms with van der Waals surface area (Å²) < 4.78 is 18.1. The molecule has 2 rings (SSSR count). The Morgan fingerprint density at radius 2 is 2.17 bits per heavy atom. The van der Waals surface area contributed by atoms with E-state index in [-0.39, 0.29) is 17.8 Å². The highest BCUT2D eigenvalue weighted by Gasteiger charge is 2.15. The third-order valence-corrected chi connectivity index (χ3v) is 3.10. The Hall–Kier alpha value is -1.42. The minimum Gasteiger partial charge on any atom is -0.376 e. The lowest BCUT2D eigenvalue weighted by Crippen LogP contribution is -2.31. The molecule has 1 N–H and O–H groups in total.